The van der Waals surface area contributed by atoms with Crippen LogP contribution in [0, 0.1) is 5.82 Å². The molecule has 0 saturated carbocycles. The molecule has 1 aliphatic heterocycles. The van der Waals surface area contributed by atoms with Crippen LogP contribution in [0.1, 0.15) is 24.8 Å². The van der Waals surface area contributed by atoms with E-state index < -0.39 is 15.8 Å². The van der Waals surface area contributed by atoms with Gasteiger partial charge in [0.05, 0.1) is 10.5 Å². The molecule has 0 aliphatic carbocycles. The summed E-state index contributed by atoms with van der Waals surface area (Å²) in [5.41, 5.74) is 5.22. The lowest BCUT2D eigenvalue weighted by Gasteiger charge is -2.21. The fraction of sp³-hybridized carbons (Fsp3) is 0.462. The van der Waals surface area contributed by atoms with Crippen LogP contribution in [0.4, 0.5) is 4.39 Å². The number of nitrogens with one attached hydrogen (secondary N) is 1. The molecule has 1 unspecified atom stereocenters. The number of nitrogens with two attached hydrogens (primary N) is 1. The van der Waals surface area contributed by atoms with Gasteiger partial charge in [-0.2, -0.15) is 11.8 Å². The second-order valence-electron chi connectivity index (χ2n) is 4.82. The number of thioether (sulfide) groups is 1. The summed E-state index contributed by atoms with van der Waals surface area (Å²) in [5.74, 6) is 0.322. The smallest absolute Gasteiger partial charge is 0.241 e. The maximum Gasteiger partial charge on any atom is 0.241 e. The quantitative estimate of drug-likeness (QED) is 0.797. The highest BCUT2D eigenvalue weighted by Crippen LogP contribution is 2.25. The zero-order valence-electron chi connectivity index (χ0n) is 11.3. The van der Waals surface area contributed by atoms with Crippen molar-refractivity contribution in [1.29, 1.82) is 0 Å². The molecule has 116 valence electrons. The summed E-state index contributed by atoms with van der Waals surface area (Å²) >= 11 is 6.52. The van der Waals surface area contributed by atoms with E-state index in [4.69, 9.17) is 18.0 Å². The molecule has 1 aromatic rings. The molecule has 0 aromatic heterocycles. The van der Waals surface area contributed by atoms with Crippen molar-refractivity contribution < 1.29 is 12.8 Å². The summed E-state index contributed by atoms with van der Waals surface area (Å²) in [6, 6.07) is 3.79. The maximum atomic E-state index is 13.8. The third-order valence-electron chi connectivity index (χ3n) is 3.29. The third-order valence-corrected chi connectivity index (χ3v) is 6.35. The average molecular weight is 348 g/mol. The number of hydrogen-bond donors (Lipinski definition) is 2. The number of benzene rings is 1. The van der Waals surface area contributed by atoms with Crippen LogP contribution in [0.15, 0.2) is 23.1 Å². The van der Waals surface area contributed by atoms with Crippen molar-refractivity contribution in [3.05, 3.63) is 29.6 Å². The number of halogens is 1. The van der Waals surface area contributed by atoms with E-state index in [1.54, 1.807) is 11.8 Å². The van der Waals surface area contributed by atoms with E-state index >= 15 is 0 Å². The Morgan fingerprint density at radius 2 is 2.24 bits per heavy atom. The van der Waals surface area contributed by atoms with Gasteiger partial charge in [-0.3, -0.25) is 0 Å². The summed E-state index contributed by atoms with van der Waals surface area (Å²) in [5, 5.41) is 0.260. The van der Waals surface area contributed by atoms with E-state index in [-0.39, 0.29) is 20.7 Å². The molecule has 1 heterocycles. The Morgan fingerprint density at radius 1 is 1.48 bits per heavy atom. The molecule has 0 bridgehead atoms. The summed E-state index contributed by atoms with van der Waals surface area (Å²) in [6.45, 7) is 0.334. The van der Waals surface area contributed by atoms with Crippen molar-refractivity contribution in [3.63, 3.8) is 0 Å². The zero-order valence-corrected chi connectivity index (χ0v) is 13.8. The van der Waals surface area contributed by atoms with Crippen molar-refractivity contribution in [1.82, 2.24) is 4.72 Å². The monoisotopic (exact) mass is 348 g/mol. The predicted molar refractivity (Wildman–Crippen MR) is 87.6 cm³/mol. The van der Waals surface area contributed by atoms with Crippen LogP contribution in [-0.2, 0) is 10.0 Å². The SMILES string of the molecule is NC(=S)c1c(F)cccc1S(=O)(=O)NCC1CCCCS1. The van der Waals surface area contributed by atoms with Gasteiger partial charge in [0.2, 0.25) is 10.0 Å². The number of hydrogen-bond acceptors (Lipinski definition) is 4. The van der Waals surface area contributed by atoms with E-state index in [0.717, 1.165) is 24.7 Å². The van der Waals surface area contributed by atoms with Crippen molar-refractivity contribution in [2.75, 3.05) is 12.3 Å². The molecule has 2 rings (SSSR count). The van der Waals surface area contributed by atoms with Gasteiger partial charge in [-0.15, -0.1) is 0 Å². The van der Waals surface area contributed by atoms with Gasteiger partial charge < -0.3 is 5.73 Å². The minimum absolute atomic E-state index is 0.198. The Hall–Kier alpha value is -0.700. The number of thiocarbonyl (C=S) groups is 1. The van der Waals surface area contributed by atoms with E-state index in [9.17, 15) is 12.8 Å². The number of rotatable bonds is 5. The Labute approximate surface area is 133 Å². The lowest BCUT2D eigenvalue weighted by atomic mass is 10.2. The third kappa shape index (κ3) is 4.15. The van der Waals surface area contributed by atoms with E-state index in [2.05, 4.69) is 4.72 Å². The molecular weight excluding hydrogens is 331 g/mol. The van der Waals surface area contributed by atoms with Gasteiger partial charge in [0, 0.05) is 11.8 Å². The second-order valence-corrected chi connectivity index (χ2v) is 8.40. The molecule has 1 saturated heterocycles. The molecule has 1 aromatic carbocycles. The zero-order chi connectivity index (χ0) is 15.5. The predicted octanol–water partition coefficient (Wildman–Crippen LogP) is 2.02. The molecule has 1 fully saturated rings. The highest BCUT2D eigenvalue weighted by atomic mass is 32.2. The van der Waals surface area contributed by atoms with Crippen LogP contribution in [-0.4, -0.2) is 31.0 Å². The molecule has 0 spiro atoms. The van der Waals surface area contributed by atoms with Gasteiger partial charge in [-0.25, -0.2) is 17.5 Å². The normalized spacial score (nSPS) is 19.4. The molecule has 4 nitrogen and oxygen atoms in total. The maximum absolute atomic E-state index is 13.8. The van der Waals surface area contributed by atoms with E-state index in [0.29, 0.717) is 6.54 Å². The first-order valence-electron chi connectivity index (χ1n) is 6.61. The first kappa shape index (κ1) is 16.7. The van der Waals surface area contributed by atoms with Crippen molar-refractivity contribution in [2.45, 2.75) is 29.4 Å². The minimum atomic E-state index is -3.83. The largest absolute Gasteiger partial charge is 0.389 e. The van der Waals surface area contributed by atoms with Gasteiger partial charge in [0.15, 0.2) is 0 Å². The van der Waals surface area contributed by atoms with Crippen LogP contribution >= 0.6 is 24.0 Å². The molecule has 1 atom stereocenters. The molecule has 3 N–H and O–H groups in total. The Bertz CT molecular complexity index is 628. The topological polar surface area (TPSA) is 72.2 Å². The Kier molecular flexibility index (Phi) is 5.59. The van der Waals surface area contributed by atoms with Crippen LogP contribution in [0.3, 0.4) is 0 Å². The fourth-order valence-electron chi connectivity index (χ4n) is 2.22. The minimum Gasteiger partial charge on any atom is -0.389 e. The lowest BCUT2D eigenvalue weighted by molar-refractivity contribution is 0.570. The highest BCUT2D eigenvalue weighted by Gasteiger charge is 2.24. The van der Waals surface area contributed by atoms with Crippen LogP contribution in [0.2, 0.25) is 0 Å². The Balaban J connectivity index is 2.19. The second kappa shape index (κ2) is 7.04. The highest BCUT2D eigenvalue weighted by molar-refractivity contribution is 8.00. The van der Waals surface area contributed by atoms with Crippen LogP contribution in [0.5, 0.6) is 0 Å². The molecule has 0 radical (unpaired) electrons. The first-order chi connectivity index (χ1) is 9.92. The Morgan fingerprint density at radius 3 is 2.86 bits per heavy atom. The van der Waals surface area contributed by atoms with Crippen molar-refractivity contribution >= 4 is 39.0 Å². The van der Waals surface area contributed by atoms with Crippen molar-refractivity contribution in [2.24, 2.45) is 5.73 Å². The van der Waals surface area contributed by atoms with Crippen molar-refractivity contribution in [3.8, 4) is 0 Å². The van der Waals surface area contributed by atoms with Crippen LogP contribution < -0.4 is 10.5 Å². The average Bonchev–Trinajstić information content (AvgIpc) is 2.46. The van der Waals surface area contributed by atoms with E-state index in [1.165, 1.54) is 18.6 Å². The van der Waals surface area contributed by atoms with Gasteiger partial charge in [-0.05, 0) is 30.7 Å². The molecule has 0 amide bonds. The van der Waals surface area contributed by atoms with Gasteiger partial charge in [-0.1, -0.05) is 24.7 Å². The van der Waals surface area contributed by atoms with Gasteiger partial charge >= 0.3 is 0 Å². The van der Waals surface area contributed by atoms with Gasteiger partial charge in [0.25, 0.3) is 0 Å². The van der Waals surface area contributed by atoms with Crippen LogP contribution in [0.25, 0.3) is 0 Å². The number of sulfonamides is 1. The summed E-state index contributed by atoms with van der Waals surface area (Å²) in [4.78, 5) is -0.462. The summed E-state index contributed by atoms with van der Waals surface area (Å²) < 4.78 is 41.0. The lowest BCUT2D eigenvalue weighted by Crippen LogP contribution is -2.33. The standard InChI is InChI=1S/C13H17FN2O2S3/c14-10-5-3-6-11(12(10)13(15)19)21(17,18)16-8-9-4-1-2-7-20-9/h3,5-6,9,16H,1-2,4,7-8H2,(H2,15,19). The summed E-state index contributed by atoms with van der Waals surface area (Å²) in [6.07, 6.45) is 3.26. The van der Waals surface area contributed by atoms with E-state index in [1.807, 2.05) is 0 Å². The summed E-state index contributed by atoms with van der Waals surface area (Å²) in [7, 11) is -3.83. The fourth-order valence-corrected chi connectivity index (χ4v) is 5.14. The molecule has 1 aliphatic rings. The first-order valence-corrected chi connectivity index (χ1v) is 9.55. The molecule has 8 heteroatoms. The molecular formula is C13H17FN2O2S3. The van der Waals surface area contributed by atoms with Gasteiger partial charge in [0.1, 0.15) is 10.8 Å². The molecule has 21 heavy (non-hydrogen) atoms.